The number of para-hydroxylation sites is 1. The van der Waals surface area contributed by atoms with E-state index in [1.807, 2.05) is 40.1 Å². The Bertz CT molecular complexity index is 963. The van der Waals surface area contributed by atoms with Crippen LogP contribution in [0, 0.1) is 11.8 Å². The average molecular weight is 405 g/mol. The van der Waals surface area contributed by atoms with Gasteiger partial charge in [0.05, 0.1) is 12.2 Å². The summed E-state index contributed by atoms with van der Waals surface area (Å²) in [5.74, 6) is 0.678. The van der Waals surface area contributed by atoms with Crippen LogP contribution in [0.1, 0.15) is 43.4 Å². The van der Waals surface area contributed by atoms with Crippen LogP contribution in [0.15, 0.2) is 53.2 Å². The van der Waals surface area contributed by atoms with E-state index in [1.54, 1.807) is 6.26 Å². The maximum absolute atomic E-state index is 13.5. The molecule has 3 aliphatic rings. The first-order valence-corrected chi connectivity index (χ1v) is 11.1. The van der Waals surface area contributed by atoms with Crippen LogP contribution in [0.5, 0.6) is 0 Å². The van der Waals surface area contributed by atoms with Gasteiger partial charge in [0.1, 0.15) is 5.76 Å². The summed E-state index contributed by atoms with van der Waals surface area (Å²) in [6.07, 6.45) is 9.21. The summed E-state index contributed by atoms with van der Waals surface area (Å²) in [4.78, 5) is 30.9. The molecule has 0 unspecified atom stereocenters. The third-order valence-corrected chi connectivity index (χ3v) is 6.85. The molecule has 1 aromatic heterocycles. The van der Waals surface area contributed by atoms with E-state index in [4.69, 9.17) is 4.42 Å². The smallest absolute Gasteiger partial charge is 0.230 e. The van der Waals surface area contributed by atoms with Crippen LogP contribution in [-0.4, -0.2) is 36.3 Å². The molecule has 5 nitrogen and oxygen atoms in total. The van der Waals surface area contributed by atoms with Crippen molar-refractivity contribution in [3.05, 3.63) is 60.1 Å². The summed E-state index contributed by atoms with van der Waals surface area (Å²) < 4.78 is 5.54. The largest absolute Gasteiger partial charge is 0.465 e. The number of fused-ring (bicyclic) bond motifs is 1. The number of amides is 2. The average Bonchev–Trinajstić information content (AvgIpc) is 3.48. The second-order valence-corrected chi connectivity index (χ2v) is 8.62. The van der Waals surface area contributed by atoms with Crippen LogP contribution in [0.3, 0.4) is 0 Å². The molecule has 1 aromatic carbocycles. The highest BCUT2D eigenvalue weighted by Crippen LogP contribution is 2.37. The molecule has 0 bridgehead atoms. The van der Waals surface area contributed by atoms with E-state index in [1.165, 1.54) is 5.56 Å². The van der Waals surface area contributed by atoms with Crippen molar-refractivity contribution in [3.8, 4) is 0 Å². The van der Waals surface area contributed by atoms with Crippen LogP contribution >= 0.6 is 0 Å². The molecule has 0 radical (unpaired) electrons. The number of nitrogens with zero attached hydrogens (tertiary/aromatic N) is 2. The summed E-state index contributed by atoms with van der Waals surface area (Å²) in [7, 11) is 0. The zero-order valence-corrected chi connectivity index (χ0v) is 17.3. The fourth-order valence-electron chi connectivity index (χ4n) is 5.30. The highest BCUT2D eigenvalue weighted by atomic mass is 16.3. The fourth-order valence-corrected chi connectivity index (χ4v) is 5.30. The molecule has 0 saturated heterocycles. The first kappa shape index (κ1) is 19.2. The molecule has 5 heteroatoms. The molecule has 30 heavy (non-hydrogen) atoms. The first-order valence-electron chi connectivity index (χ1n) is 11.1. The monoisotopic (exact) mass is 404 g/mol. The SMILES string of the molecule is O=C([C@H]1CCCC[C@H]1C(=O)N1CCc2ccccc21)N1CCC=C(c2ccco2)C1. The number of hydrogen-bond donors (Lipinski definition) is 0. The molecule has 1 saturated carbocycles. The van der Waals surface area contributed by atoms with Crippen molar-refractivity contribution in [1.82, 2.24) is 4.90 Å². The van der Waals surface area contributed by atoms with Gasteiger partial charge in [-0.3, -0.25) is 9.59 Å². The van der Waals surface area contributed by atoms with E-state index in [9.17, 15) is 9.59 Å². The van der Waals surface area contributed by atoms with Gasteiger partial charge >= 0.3 is 0 Å². The molecule has 0 N–H and O–H groups in total. The van der Waals surface area contributed by atoms with Crippen LogP contribution in [-0.2, 0) is 16.0 Å². The predicted molar refractivity (Wildman–Crippen MR) is 116 cm³/mol. The molecule has 2 amide bonds. The van der Waals surface area contributed by atoms with Gasteiger partial charge < -0.3 is 14.2 Å². The summed E-state index contributed by atoms with van der Waals surface area (Å²) >= 11 is 0. The third-order valence-electron chi connectivity index (χ3n) is 6.85. The summed E-state index contributed by atoms with van der Waals surface area (Å²) in [6.45, 7) is 2.01. The number of carbonyl (C=O) groups excluding carboxylic acids is 2. The maximum atomic E-state index is 13.5. The normalized spacial score (nSPS) is 23.8. The van der Waals surface area contributed by atoms with Crippen molar-refractivity contribution < 1.29 is 14.0 Å². The Balaban J connectivity index is 1.33. The van der Waals surface area contributed by atoms with E-state index in [2.05, 4.69) is 12.1 Å². The zero-order chi connectivity index (χ0) is 20.5. The van der Waals surface area contributed by atoms with Crippen molar-refractivity contribution in [3.63, 3.8) is 0 Å². The number of rotatable bonds is 3. The first-order chi connectivity index (χ1) is 14.7. The standard InChI is InChI=1S/C25H28N2O3/c28-24(26-14-5-8-19(17-26)23-12-6-16-30-23)20-9-2-3-10-21(20)25(29)27-15-13-18-7-1-4-11-22(18)27/h1,4,6-8,11-12,16,20-21H,2-3,5,9-10,13-15,17H2/t20-,21+/m0/s1. The topological polar surface area (TPSA) is 53.8 Å². The minimum Gasteiger partial charge on any atom is -0.465 e. The molecule has 5 rings (SSSR count). The lowest BCUT2D eigenvalue weighted by Gasteiger charge is -2.37. The van der Waals surface area contributed by atoms with Gasteiger partial charge in [0.15, 0.2) is 0 Å². The van der Waals surface area contributed by atoms with Gasteiger partial charge in [-0.2, -0.15) is 0 Å². The van der Waals surface area contributed by atoms with E-state index in [0.717, 1.165) is 62.1 Å². The highest BCUT2D eigenvalue weighted by molar-refractivity contribution is 5.99. The Morgan fingerprint density at radius 1 is 0.933 bits per heavy atom. The van der Waals surface area contributed by atoms with Gasteiger partial charge in [-0.05, 0) is 49.4 Å². The third kappa shape index (κ3) is 3.47. The van der Waals surface area contributed by atoms with Crippen molar-refractivity contribution in [1.29, 1.82) is 0 Å². The number of carbonyl (C=O) groups is 2. The molecule has 1 aliphatic carbocycles. The second kappa shape index (κ2) is 8.13. The van der Waals surface area contributed by atoms with Crippen LogP contribution in [0.25, 0.3) is 5.57 Å². The summed E-state index contributed by atoms with van der Waals surface area (Å²) in [5, 5.41) is 0. The predicted octanol–water partition coefficient (Wildman–Crippen LogP) is 4.29. The molecule has 0 spiro atoms. The molecule has 2 aromatic rings. The lowest BCUT2D eigenvalue weighted by atomic mass is 9.77. The van der Waals surface area contributed by atoms with Crippen molar-refractivity contribution in [2.75, 3.05) is 24.5 Å². The minimum atomic E-state index is -0.213. The Kier molecular flexibility index (Phi) is 5.19. The number of benzene rings is 1. The summed E-state index contributed by atoms with van der Waals surface area (Å²) in [6, 6.07) is 12.0. The van der Waals surface area contributed by atoms with Crippen molar-refractivity contribution in [2.45, 2.75) is 38.5 Å². The van der Waals surface area contributed by atoms with Crippen molar-refractivity contribution in [2.24, 2.45) is 11.8 Å². The second-order valence-electron chi connectivity index (χ2n) is 8.62. The van der Waals surface area contributed by atoms with E-state index in [-0.39, 0.29) is 23.7 Å². The van der Waals surface area contributed by atoms with Gasteiger partial charge in [0.25, 0.3) is 0 Å². The highest BCUT2D eigenvalue weighted by Gasteiger charge is 2.41. The zero-order valence-electron chi connectivity index (χ0n) is 17.3. The van der Waals surface area contributed by atoms with Crippen molar-refractivity contribution >= 4 is 23.1 Å². The van der Waals surface area contributed by atoms with Crippen LogP contribution in [0.2, 0.25) is 0 Å². The molecule has 2 atom stereocenters. The van der Waals surface area contributed by atoms with Gasteiger partial charge in [0.2, 0.25) is 11.8 Å². The molecule has 2 aliphatic heterocycles. The van der Waals surface area contributed by atoms with E-state index >= 15 is 0 Å². The Morgan fingerprint density at radius 2 is 1.73 bits per heavy atom. The summed E-state index contributed by atoms with van der Waals surface area (Å²) in [5.41, 5.74) is 3.32. The van der Waals surface area contributed by atoms with Gasteiger partial charge in [-0.1, -0.05) is 37.1 Å². The number of furan rings is 1. The Morgan fingerprint density at radius 3 is 2.53 bits per heavy atom. The number of hydrogen-bond acceptors (Lipinski definition) is 3. The van der Waals surface area contributed by atoms with Crippen LogP contribution in [0.4, 0.5) is 5.69 Å². The lowest BCUT2D eigenvalue weighted by Crippen LogP contribution is -2.47. The van der Waals surface area contributed by atoms with Crippen LogP contribution < -0.4 is 4.90 Å². The van der Waals surface area contributed by atoms with Gasteiger partial charge in [-0.15, -0.1) is 0 Å². The molecule has 1 fully saturated rings. The molecule has 156 valence electrons. The fraction of sp³-hybridized carbons (Fsp3) is 0.440. The molecular formula is C25H28N2O3. The quantitative estimate of drug-likeness (QED) is 0.767. The van der Waals surface area contributed by atoms with E-state index < -0.39 is 0 Å². The van der Waals surface area contributed by atoms with Gasteiger partial charge in [0, 0.05) is 36.8 Å². The van der Waals surface area contributed by atoms with Gasteiger partial charge in [-0.25, -0.2) is 0 Å². The molecule has 3 heterocycles. The maximum Gasteiger partial charge on any atom is 0.230 e. The van der Waals surface area contributed by atoms with E-state index in [0.29, 0.717) is 13.1 Å². The minimum absolute atomic E-state index is 0.136. The Hall–Kier alpha value is -2.82. The Labute approximate surface area is 177 Å². The number of anilines is 1. The molecular weight excluding hydrogens is 376 g/mol. The lowest BCUT2D eigenvalue weighted by molar-refractivity contribution is -0.142.